The molecule has 0 fully saturated rings. The molecule has 6 heteroatoms. The lowest BCUT2D eigenvalue weighted by atomic mass is 10.1. The molecule has 0 N–H and O–H groups in total. The van der Waals surface area contributed by atoms with Gasteiger partial charge < -0.3 is 14.2 Å². The topological polar surface area (TPSA) is 61.8 Å². The molecular weight excluding hydrogens is 303 g/mol. The second-order valence-corrected chi connectivity index (χ2v) is 4.96. The van der Waals surface area contributed by atoms with E-state index in [2.05, 4.69) is 0 Å². The van der Waals surface area contributed by atoms with Crippen molar-refractivity contribution < 1.29 is 28.2 Å². The Kier molecular flexibility index (Phi) is 4.23. The number of rotatable bonds is 5. The summed E-state index contributed by atoms with van der Waals surface area (Å²) in [7, 11) is 0. The first-order valence-corrected chi connectivity index (χ1v) is 6.95. The van der Waals surface area contributed by atoms with Crippen LogP contribution < -0.4 is 9.47 Å². The van der Waals surface area contributed by atoms with Gasteiger partial charge in [-0.2, -0.15) is 0 Å². The van der Waals surface area contributed by atoms with Gasteiger partial charge in [0.1, 0.15) is 5.82 Å². The van der Waals surface area contributed by atoms with Gasteiger partial charge in [0.05, 0.1) is 6.42 Å². The van der Waals surface area contributed by atoms with Crippen LogP contribution >= 0.6 is 0 Å². The van der Waals surface area contributed by atoms with Gasteiger partial charge in [-0.15, -0.1) is 0 Å². The van der Waals surface area contributed by atoms with E-state index in [0.29, 0.717) is 22.6 Å². The van der Waals surface area contributed by atoms with Crippen LogP contribution in [0.2, 0.25) is 0 Å². The first-order chi connectivity index (χ1) is 11.1. The molecule has 1 heterocycles. The fraction of sp³-hybridized carbons (Fsp3) is 0.176. The number of esters is 1. The summed E-state index contributed by atoms with van der Waals surface area (Å²) >= 11 is 0. The number of halogens is 1. The number of benzene rings is 2. The zero-order chi connectivity index (χ0) is 16.2. The van der Waals surface area contributed by atoms with E-state index in [4.69, 9.17) is 14.2 Å². The number of hydrogen-bond acceptors (Lipinski definition) is 5. The largest absolute Gasteiger partial charge is 0.457 e. The molecule has 1 aliphatic heterocycles. The number of ketones is 1. The van der Waals surface area contributed by atoms with E-state index in [1.165, 1.54) is 24.3 Å². The van der Waals surface area contributed by atoms with Gasteiger partial charge in [0.15, 0.2) is 23.9 Å². The molecule has 0 bridgehead atoms. The van der Waals surface area contributed by atoms with Crippen LogP contribution in [0.25, 0.3) is 0 Å². The lowest BCUT2D eigenvalue weighted by Crippen LogP contribution is -2.15. The van der Waals surface area contributed by atoms with Gasteiger partial charge in [-0.1, -0.05) is 12.1 Å². The van der Waals surface area contributed by atoms with Gasteiger partial charge in [0, 0.05) is 5.56 Å². The van der Waals surface area contributed by atoms with Crippen LogP contribution in [0.4, 0.5) is 4.39 Å². The van der Waals surface area contributed by atoms with Gasteiger partial charge in [-0.25, -0.2) is 4.39 Å². The molecule has 5 nitrogen and oxygen atoms in total. The van der Waals surface area contributed by atoms with E-state index in [0.717, 1.165) is 0 Å². The monoisotopic (exact) mass is 316 g/mol. The van der Waals surface area contributed by atoms with Crippen LogP contribution in [0.15, 0.2) is 42.5 Å². The van der Waals surface area contributed by atoms with Gasteiger partial charge in [0.2, 0.25) is 6.79 Å². The van der Waals surface area contributed by atoms with E-state index >= 15 is 0 Å². The average molecular weight is 316 g/mol. The van der Waals surface area contributed by atoms with Gasteiger partial charge >= 0.3 is 5.97 Å². The van der Waals surface area contributed by atoms with Crippen molar-refractivity contribution in [1.82, 2.24) is 0 Å². The Morgan fingerprint density at radius 3 is 2.57 bits per heavy atom. The molecule has 0 amide bonds. The quantitative estimate of drug-likeness (QED) is 0.626. The summed E-state index contributed by atoms with van der Waals surface area (Å²) in [5.41, 5.74) is 0.996. The molecule has 23 heavy (non-hydrogen) atoms. The number of carbonyl (C=O) groups is 2. The van der Waals surface area contributed by atoms with Gasteiger partial charge in [0.25, 0.3) is 0 Å². The number of ether oxygens (including phenoxy) is 3. The first kappa shape index (κ1) is 15.0. The molecule has 0 aromatic heterocycles. The maximum absolute atomic E-state index is 12.8. The minimum absolute atomic E-state index is 0.0191. The summed E-state index contributed by atoms with van der Waals surface area (Å²) < 4.78 is 28.1. The van der Waals surface area contributed by atoms with Crippen molar-refractivity contribution in [3.63, 3.8) is 0 Å². The molecule has 118 valence electrons. The fourth-order valence-electron chi connectivity index (χ4n) is 2.12. The van der Waals surface area contributed by atoms with Crippen LogP contribution in [0, 0.1) is 5.82 Å². The highest BCUT2D eigenvalue weighted by atomic mass is 19.1. The minimum Gasteiger partial charge on any atom is -0.457 e. The highest BCUT2D eigenvalue weighted by Gasteiger charge is 2.17. The molecule has 2 aromatic carbocycles. The number of hydrogen-bond donors (Lipinski definition) is 0. The Hall–Kier alpha value is -2.89. The van der Waals surface area contributed by atoms with E-state index in [1.54, 1.807) is 18.2 Å². The molecule has 3 rings (SSSR count). The molecule has 0 radical (unpaired) electrons. The smallest absolute Gasteiger partial charge is 0.310 e. The van der Waals surface area contributed by atoms with Crippen molar-refractivity contribution in [3.05, 3.63) is 59.4 Å². The van der Waals surface area contributed by atoms with E-state index in [-0.39, 0.29) is 31.4 Å². The number of Topliss-reactive ketones (excluding diaryl/α,β-unsaturated/α-hetero) is 1. The Balaban J connectivity index is 1.54. The third kappa shape index (κ3) is 3.66. The average Bonchev–Trinajstić information content (AvgIpc) is 3.02. The standard InChI is InChI=1S/C17H13FO5/c18-13-4-1-11(2-5-13)7-17(20)21-9-14(19)12-3-6-15-16(8-12)23-10-22-15/h1-6,8H,7,9-10H2. The summed E-state index contributed by atoms with van der Waals surface area (Å²) in [5.74, 6) is -0.190. The third-order valence-corrected chi connectivity index (χ3v) is 3.32. The van der Waals surface area contributed by atoms with Crippen molar-refractivity contribution in [1.29, 1.82) is 0 Å². The molecule has 0 atom stereocenters. The second-order valence-electron chi connectivity index (χ2n) is 4.96. The van der Waals surface area contributed by atoms with Crippen molar-refractivity contribution in [2.45, 2.75) is 6.42 Å². The van der Waals surface area contributed by atoms with Crippen molar-refractivity contribution >= 4 is 11.8 Å². The summed E-state index contributed by atoms with van der Waals surface area (Å²) in [4.78, 5) is 23.7. The predicted octanol–water partition coefficient (Wildman–Crippen LogP) is 2.52. The molecule has 0 spiro atoms. The predicted molar refractivity (Wildman–Crippen MR) is 78.0 cm³/mol. The van der Waals surface area contributed by atoms with E-state index in [1.807, 2.05) is 0 Å². The molecular formula is C17H13FO5. The summed E-state index contributed by atoms with van der Waals surface area (Å²) in [5, 5.41) is 0. The molecule has 0 aliphatic carbocycles. The van der Waals surface area contributed by atoms with Gasteiger partial charge in [-0.3, -0.25) is 9.59 Å². The lowest BCUT2D eigenvalue weighted by molar-refractivity contribution is -0.141. The number of carbonyl (C=O) groups excluding carboxylic acids is 2. The number of fused-ring (bicyclic) bond motifs is 1. The highest BCUT2D eigenvalue weighted by Crippen LogP contribution is 2.32. The Bertz CT molecular complexity index is 739. The summed E-state index contributed by atoms with van der Waals surface area (Å²) in [6, 6.07) is 10.3. The van der Waals surface area contributed by atoms with Crippen LogP contribution in [0.3, 0.4) is 0 Å². The van der Waals surface area contributed by atoms with E-state index in [9.17, 15) is 14.0 Å². The van der Waals surface area contributed by atoms with Crippen molar-refractivity contribution in [2.24, 2.45) is 0 Å². The van der Waals surface area contributed by atoms with Crippen LogP contribution in [-0.4, -0.2) is 25.2 Å². The molecule has 0 unspecified atom stereocenters. The zero-order valence-corrected chi connectivity index (χ0v) is 12.1. The first-order valence-electron chi connectivity index (χ1n) is 6.95. The normalized spacial score (nSPS) is 12.0. The Morgan fingerprint density at radius 1 is 1.04 bits per heavy atom. The van der Waals surface area contributed by atoms with Crippen LogP contribution in [0.1, 0.15) is 15.9 Å². The van der Waals surface area contributed by atoms with Crippen LogP contribution in [-0.2, 0) is 16.0 Å². The van der Waals surface area contributed by atoms with Gasteiger partial charge in [-0.05, 0) is 35.9 Å². The SMILES string of the molecule is O=C(Cc1ccc(F)cc1)OCC(=O)c1ccc2c(c1)OCO2. The van der Waals surface area contributed by atoms with Crippen molar-refractivity contribution in [2.75, 3.05) is 13.4 Å². The van der Waals surface area contributed by atoms with Crippen molar-refractivity contribution in [3.8, 4) is 11.5 Å². The molecule has 0 saturated carbocycles. The molecule has 1 aliphatic rings. The molecule has 2 aromatic rings. The minimum atomic E-state index is -0.550. The summed E-state index contributed by atoms with van der Waals surface area (Å²) in [6.07, 6.45) is -0.0191. The lowest BCUT2D eigenvalue weighted by Gasteiger charge is -2.05. The summed E-state index contributed by atoms with van der Waals surface area (Å²) in [6.45, 7) is -0.237. The Morgan fingerprint density at radius 2 is 1.78 bits per heavy atom. The second kappa shape index (κ2) is 6.48. The van der Waals surface area contributed by atoms with Crippen LogP contribution in [0.5, 0.6) is 11.5 Å². The zero-order valence-electron chi connectivity index (χ0n) is 12.1. The highest BCUT2D eigenvalue weighted by molar-refractivity contribution is 5.98. The molecule has 0 saturated heterocycles. The third-order valence-electron chi connectivity index (χ3n) is 3.32. The fourth-order valence-corrected chi connectivity index (χ4v) is 2.12. The Labute approximate surface area is 131 Å². The maximum atomic E-state index is 12.8. The van der Waals surface area contributed by atoms with E-state index < -0.39 is 5.97 Å². The maximum Gasteiger partial charge on any atom is 0.310 e.